The molecular weight excluding hydrogens is 350 g/mol. The van der Waals surface area contributed by atoms with Gasteiger partial charge in [-0.3, -0.25) is 4.72 Å². The number of anilines is 3. The van der Waals surface area contributed by atoms with Crippen molar-refractivity contribution in [2.45, 2.75) is 31.6 Å². The van der Waals surface area contributed by atoms with E-state index in [0.717, 1.165) is 37.1 Å². The average molecular weight is 375 g/mol. The zero-order chi connectivity index (χ0) is 18.9. The van der Waals surface area contributed by atoms with Gasteiger partial charge in [-0.25, -0.2) is 13.4 Å². The molecule has 1 fully saturated rings. The van der Waals surface area contributed by atoms with Crippen LogP contribution in [0, 0.1) is 13.8 Å². The molecule has 0 amide bonds. The Bertz CT molecular complexity index is 906. The number of benzene rings is 1. The monoisotopic (exact) mass is 375 g/mol. The topological polar surface area (TPSA) is 78.4 Å². The molecule has 1 aromatic carbocycles. The normalized spacial score (nSPS) is 14.5. The molecule has 26 heavy (non-hydrogen) atoms. The van der Waals surface area contributed by atoms with Gasteiger partial charge in [0, 0.05) is 27.2 Å². The molecule has 1 saturated heterocycles. The van der Waals surface area contributed by atoms with Crippen molar-refractivity contribution in [1.29, 1.82) is 0 Å². The Morgan fingerprint density at radius 3 is 2.42 bits per heavy atom. The summed E-state index contributed by atoms with van der Waals surface area (Å²) in [5.41, 5.74) is 2.36. The molecule has 1 aliphatic rings. The molecule has 1 aromatic heterocycles. The van der Waals surface area contributed by atoms with Crippen molar-refractivity contribution in [3.63, 3.8) is 0 Å². The summed E-state index contributed by atoms with van der Waals surface area (Å²) in [6, 6.07) is 5.09. The van der Waals surface area contributed by atoms with E-state index in [1.54, 1.807) is 23.2 Å². The van der Waals surface area contributed by atoms with Gasteiger partial charge in [0.1, 0.15) is 5.69 Å². The van der Waals surface area contributed by atoms with E-state index in [0.29, 0.717) is 17.5 Å². The van der Waals surface area contributed by atoms with Crippen LogP contribution < -0.4 is 14.5 Å². The van der Waals surface area contributed by atoms with Gasteiger partial charge in [0.25, 0.3) is 10.0 Å². The maximum atomic E-state index is 12.8. The standard InChI is InChI=1S/C18H25N5O2S/c1-13-7-8-15(11-14(13)2)26(24,25)21-16-12-19-18(20-17(16)22(3)4)23-9-5-6-10-23/h7-8,11-12,21H,5-6,9-10H2,1-4H3. The molecule has 0 bridgehead atoms. The Morgan fingerprint density at radius 1 is 1.12 bits per heavy atom. The minimum absolute atomic E-state index is 0.230. The molecule has 0 saturated carbocycles. The largest absolute Gasteiger partial charge is 0.361 e. The Labute approximate surface area is 155 Å². The number of sulfonamides is 1. The Balaban J connectivity index is 1.93. The van der Waals surface area contributed by atoms with E-state index in [4.69, 9.17) is 0 Å². The first kappa shape index (κ1) is 18.4. The third-order valence-electron chi connectivity index (χ3n) is 4.60. The first-order valence-electron chi connectivity index (χ1n) is 8.67. The molecule has 140 valence electrons. The third kappa shape index (κ3) is 3.75. The highest BCUT2D eigenvalue weighted by Gasteiger charge is 2.21. The quantitative estimate of drug-likeness (QED) is 0.865. The molecule has 0 unspecified atom stereocenters. The van der Waals surface area contributed by atoms with Gasteiger partial charge in [0.05, 0.1) is 11.1 Å². The van der Waals surface area contributed by atoms with Crippen LogP contribution in [0.25, 0.3) is 0 Å². The minimum atomic E-state index is -3.71. The lowest BCUT2D eigenvalue weighted by atomic mass is 10.1. The highest BCUT2D eigenvalue weighted by atomic mass is 32.2. The summed E-state index contributed by atoms with van der Waals surface area (Å²) in [7, 11) is -0.0363. The molecule has 1 N–H and O–H groups in total. The van der Waals surface area contributed by atoms with Crippen LogP contribution in [0.4, 0.5) is 17.5 Å². The Hall–Kier alpha value is -2.35. The lowest BCUT2D eigenvalue weighted by Gasteiger charge is -2.21. The highest BCUT2D eigenvalue weighted by Crippen LogP contribution is 2.27. The predicted octanol–water partition coefficient (Wildman–Crippen LogP) is 2.56. The lowest BCUT2D eigenvalue weighted by Crippen LogP contribution is -2.24. The van der Waals surface area contributed by atoms with Crippen molar-refractivity contribution in [2.24, 2.45) is 0 Å². The molecule has 7 nitrogen and oxygen atoms in total. The van der Waals surface area contributed by atoms with Gasteiger partial charge in [-0.15, -0.1) is 0 Å². The smallest absolute Gasteiger partial charge is 0.262 e. The fraction of sp³-hybridized carbons (Fsp3) is 0.444. The number of hydrogen-bond donors (Lipinski definition) is 1. The molecule has 2 aromatic rings. The van der Waals surface area contributed by atoms with Crippen LogP contribution in [0.3, 0.4) is 0 Å². The van der Waals surface area contributed by atoms with Crippen LogP contribution in [0.5, 0.6) is 0 Å². The van der Waals surface area contributed by atoms with Gasteiger partial charge in [0.2, 0.25) is 5.95 Å². The first-order valence-corrected chi connectivity index (χ1v) is 10.2. The average Bonchev–Trinajstić information content (AvgIpc) is 3.11. The van der Waals surface area contributed by atoms with Crippen molar-refractivity contribution in [2.75, 3.05) is 41.7 Å². The number of nitrogens with zero attached hydrogens (tertiary/aromatic N) is 4. The molecule has 3 rings (SSSR count). The minimum Gasteiger partial charge on any atom is -0.361 e. The molecule has 2 heterocycles. The summed E-state index contributed by atoms with van der Waals surface area (Å²) in [6.45, 7) is 5.71. The summed E-state index contributed by atoms with van der Waals surface area (Å²) >= 11 is 0. The zero-order valence-corrected chi connectivity index (χ0v) is 16.5. The van der Waals surface area contributed by atoms with E-state index in [1.807, 2.05) is 34.0 Å². The van der Waals surface area contributed by atoms with E-state index in [-0.39, 0.29) is 4.90 Å². The van der Waals surface area contributed by atoms with E-state index >= 15 is 0 Å². The van der Waals surface area contributed by atoms with E-state index < -0.39 is 10.0 Å². The van der Waals surface area contributed by atoms with Gasteiger partial charge in [-0.2, -0.15) is 4.98 Å². The fourth-order valence-electron chi connectivity index (χ4n) is 2.93. The second kappa shape index (κ2) is 7.11. The number of aryl methyl sites for hydroxylation is 2. The number of nitrogens with one attached hydrogen (secondary N) is 1. The number of hydrogen-bond acceptors (Lipinski definition) is 6. The molecule has 0 radical (unpaired) electrons. The van der Waals surface area contributed by atoms with Crippen LogP contribution >= 0.6 is 0 Å². The van der Waals surface area contributed by atoms with E-state index in [1.165, 1.54) is 0 Å². The third-order valence-corrected chi connectivity index (χ3v) is 5.96. The van der Waals surface area contributed by atoms with Crippen LogP contribution in [-0.2, 0) is 10.0 Å². The van der Waals surface area contributed by atoms with Gasteiger partial charge >= 0.3 is 0 Å². The van der Waals surface area contributed by atoms with Crippen molar-refractivity contribution in [3.05, 3.63) is 35.5 Å². The summed E-state index contributed by atoms with van der Waals surface area (Å²) < 4.78 is 28.2. The van der Waals surface area contributed by atoms with Gasteiger partial charge < -0.3 is 9.80 Å². The number of aromatic nitrogens is 2. The van der Waals surface area contributed by atoms with Crippen molar-refractivity contribution in [1.82, 2.24) is 9.97 Å². The number of rotatable bonds is 5. The maximum absolute atomic E-state index is 12.8. The molecule has 1 aliphatic heterocycles. The maximum Gasteiger partial charge on any atom is 0.262 e. The van der Waals surface area contributed by atoms with Crippen LogP contribution in [-0.4, -0.2) is 45.6 Å². The first-order chi connectivity index (χ1) is 12.3. The van der Waals surface area contributed by atoms with Crippen LogP contribution in [0.2, 0.25) is 0 Å². The van der Waals surface area contributed by atoms with E-state index in [2.05, 4.69) is 19.6 Å². The summed E-state index contributed by atoms with van der Waals surface area (Å²) in [5.74, 6) is 1.19. The van der Waals surface area contributed by atoms with Crippen molar-refractivity contribution in [3.8, 4) is 0 Å². The second-order valence-corrected chi connectivity index (χ2v) is 8.53. The van der Waals surface area contributed by atoms with Gasteiger partial charge in [-0.1, -0.05) is 6.07 Å². The lowest BCUT2D eigenvalue weighted by molar-refractivity contribution is 0.601. The molecule has 8 heteroatoms. The predicted molar refractivity (Wildman–Crippen MR) is 105 cm³/mol. The van der Waals surface area contributed by atoms with Crippen molar-refractivity contribution < 1.29 is 8.42 Å². The second-order valence-electron chi connectivity index (χ2n) is 6.85. The van der Waals surface area contributed by atoms with Gasteiger partial charge in [0.15, 0.2) is 5.82 Å². The summed E-state index contributed by atoms with van der Waals surface area (Å²) in [4.78, 5) is 13.1. The Morgan fingerprint density at radius 2 is 1.81 bits per heavy atom. The van der Waals surface area contributed by atoms with E-state index in [9.17, 15) is 8.42 Å². The van der Waals surface area contributed by atoms with Crippen LogP contribution in [0.15, 0.2) is 29.3 Å². The summed E-state index contributed by atoms with van der Waals surface area (Å²) in [5, 5.41) is 0. The Kier molecular flexibility index (Phi) is 5.04. The molecule has 0 atom stereocenters. The highest BCUT2D eigenvalue weighted by molar-refractivity contribution is 7.92. The molecular formula is C18H25N5O2S. The molecule has 0 spiro atoms. The fourth-order valence-corrected chi connectivity index (χ4v) is 4.06. The SMILES string of the molecule is Cc1ccc(S(=O)(=O)Nc2cnc(N3CCCC3)nc2N(C)C)cc1C. The summed E-state index contributed by atoms with van der Waals surface area (Å²) in [6.07, 6.45) is 3.80. The van der Waals surface area contributed by atoms with Crippen molar-refractivity contribution >= 4 is 27.5 Å². The zero-order valence-electron chi connectivity index (χ0n) is 15.7. The van der Waals surface area contributed by atoms with Gasteiger partial charge in [-0.05, 0) is 49.9 Å². The van der Waals surface area contributed by atoms with Crippen LogP contribution in [0.1, 0.15) is 24.0 Å². The molecule has 0 aliphatic carbocycles.